The molecule has 1 aliphatic rings. The van der Waals surface area contributed by atoms with E-state index in [0.717, 1.165) is 24.6 Å². The van der Waals surface area contributed by atoms with Crippen molar-refractivity contribution >= 4 is 5.69 Å². The molecule has 0 amide bonds. The van der Waals surface area contributed by atoms with Gasteiger partial charge < -0.3 is 10.6 Å². The van der Waals surface area contributed by atoms with Crippen LogP contribution in [0.5, 0.6) is 0 Å². The van der Waals surface area contributed by atoms with E-state index in [0.29, 0.717) is 0 Å². The first kappa shape index (κ1) is 14.4. The van der Waals surface area contributed by atoms with Crippen LogP contribution in [0.2, 0.25) is 0 Å². The Kier molecular flexibility index (Phi) is 5.71. The Bertz CT molecular complexity index is 375. The zero-order chi connectivity index (χ0) is 13.5. The molecular formula is C17H28N2. The number of nitrogens with two attached hydrogens (primary N) is 1. The molecule has 1 fully saturated rings. The number of rotatable bonds is 5. The quantitative estimate of drug-likeness (QED) is 0.818. The fourth-order valence-electron chi connectivity index (χ4n) is 3.19. The second kappa shape index (κ2) is 7.54. The molecule has 1 atom stereocenters. The van der Waals surface area contributed by atoms with Crippen LogP contribution in [0.15, 0.2) is 24.3 Å². The molecule has 0 bridgehead atoms. The van der Waals surface area contributed by atoms with Crippen molar-refractivity contribution in [1.82, 2.24) is 4.90 Å². The molecule has 0 radical (unpaired) electrons. The SMILES string of the molecule is CCCC1CCCN(CCc2ccccc2N)CC1. The van der Waals surface area contributed by atoms with Gasteiger partial charge in [0, 0.05) is 12.2 Å². The van der Waals surface area contributed by atoms with E-state index in [4.69, 9.17) is 5.73 Å². The Balaban J connectivity index is 1.79. The van der Waals surface area contributed by atoms with Crippen LogP contribution in [-0.2, 0) is 6.42 Å². The molecule has 2 rings (SSSR count). The summed E-state index contributed by atoms with van der Waals surface area (Å²) in [5.41, 5.74) is 8.26. The summed E-state index contributed by atoms with van der Waals surface area (Å²) in [6.45, 7) is 6.01. The number of benzene rings is 1. The van der Waals surface area contributed by atoms with Gasteiger partial charge in [-0.15, -0.1) is 0 Å². The highest BCUT2D eigenvalue weighted by Gasteiger charge is 2.16. The van der Waals surface area contributed by atoms with E-state index in [2.05, 4.69) is 24.0 Å². The Morgan fingerprint density at radius 3 is 2.84 bits per heavy atom. The lowest BCUT2D eigenvalue weighted by atomic mass is 9.96. The minimum absolute atomic E-state index is 0.946. The highest BCUT2D eigenvalue weighted by atomic mass is 15.1. The van der Waals surface area contributed by atoms with Crippen molar-refractivity contribution in [2.45, 2.75) is 45.4 Å². The first-order valence-corrected chi connectivity index (χ1v) is 7.85. The van der Waals surface area contributed by atoms with E-state index in [1.165, 1.54) is 50.8 Å². The maximum Gasteiger partial charge on any atom is 0.0347 e. The second-order valence-corrected chi connectivity index (χ2v) is 5.88. The fourth-order valence-corrected chi connectivity index (χ4v) is 3.19. The van der Waals surface area contributed by atoms with Crippen molar-refractivity contribution in [3.05, 3.63) is 29.8 Å². The van der Waals surface area contributed by atoms with E-state index in [-0.39, 0.29) is 0 Å². The van der Waals surface area contributed by atoms with Gasteiger partial charge in [-0.2, -0.15) is 0 Å². The number of hydrogen-bond donors (Lipinski definition) is 1. The van der Waals surface area contributed by atoms with Gasteiger partial charge in [0.1, 0.15) is 0 Å². The third-order valence-corrected chi connectivity index (χ3v) is 4.39. The molecule has 2 heteroatoms. The first-order chi connectivity index (χ1) is 9.29. The Morgan fingerprint density at radius 1 is 1.21 bits per heavy atom. The maximum absolute atomic E-state index is 6.01. The summed E-state index contributed by atoms with van der Waals surface area (Å²) in [5, 5.41) is 0. The highest BCUT2D eigenvalue weighted by Crippen LogP contribution is 2.22. The Hall–Kier alpha value is -1.02. The summed E-state index contributed by atoms with van der Waals surface area (Å²) in [6, 6.07) is 8.27. The number of anilines is 1. The number of hydrogen-bond acceptors (Lipinski definition) is 2. The molecule has 0 aromatic heterocycles. The lowest BCUT2D eigenvalue weighted by Crippen LogP contribution is -2.27. The Morgan fingerprint density at radius 2 is 2.05 bits per heavy atom. The van der Waals surface area contributed by atoms with E-state index < -0.39 is 0 Å². The van der Waals surface area contributed by atoms with Crippen molar-refractivity contribution in [3.63, 3.8) is 0 Å². The van der Waals surface area contributed by atoms with Gasteiger partial charge >= 0.3 is 0 Å². The third-order valence-electron chi connectivity index (χ3n) is 4.39. The summed E-state index contributed by atoms with van der Waals surface area (Å²) in [6.07, 6.45) is 8.03. The lowest BCUT2D eigenvalue weighted by Gasteiger charge is -2.20. The molecule has 1 heterocycles. The summed E-state index contributed by atoms with van der Waals surface area (Å²) in [5.74, 6) is 0.969. The van der Waals surface area contributed by atoms with Gasteiger partial charge in [0.2, 0.25) is 0 Å². The zero-order valence-corrected chi connectivity index (χ0v) is 12.3. The predicted molar refractivity (Wildman–Crippen MR) is 83.2 cm³/mol. The van der Waals surface area contributed by atoms with E-state index >= 15 is 0 Å². The van der Waals surface area contributed by atoms with Gasteiger partial charge in [0.15, 0.2) is 0 Å². The van der Waals surface area contributed by atoms with E-state index in [1.54, 1.807) is 0 Å². The van der Waals surface area contributed by atoms with Crippen LogP contribution in [0.1, 0.15) is 44.6 Å². The monoisotopic (exact) mass is 260 g/mol. The van der Waals surface area contributed by atoms with Crippen LogP contribution in [0.4, 0.5) is 5.69 Å². The summed E-state index contributed by atoms with van der Waals surface area (Å²) < 4.78 is 0. The van der Waals surface area contributed by atoms with Gasteiger partial charge in [-0.05, 0) is 56.3 Å². The third kappa shape index (κ3) is 4.54. The molecule has 2 nitrogen and oxygen atoms in total. The van der Waals surface area contributed by atoms with Crippen molar-refractivity contribution in [3.8, 4) is 0 Å². The van der Waals surface area contributed by atoms with Crippen LogP contribution in [0, 0.1) is 5.92 Å². The molecule has 0 spiro atoms. The first-order valence-electron chi connectivity index (χ1n) is 7.85. The van der Waals surface area contributed by atoms with Crippen LogP contribution in [0.25, 0.3) is 0 Å². The maximum atomic E-state index is 6.01. The minimum Gasteiger partial charge on any atom is -0.399 e. The highest BCUT2D eigenvalue weighted by molar-refractivity contribution is 5.46. The summed E-state index contributed by atoms with van der Waals surface area (Å²) in [7, 11) is 0. The minimum atomic E-state index is 0.946. The molecular weight excluding hydrogens is 232 g/mol. The van der Waals surface area contributed by atoms with Gasteiger partial charge in [0.25, 0.3) is 0 Å². The van der Waals surface area contributed by atoms with Gasteiger partial charge in [-0.3, -0.25) is 0 Å². The predicted octanol–water partition coefficient (Wildman–Crippen LogP) is 3.71. The van der Waals surface area contributed by atoms with Gasteiger partial charge in [-0.1, -0.05) is 38.0 Å². The van der Waals surface area contributed by atoms with Crippen LogP contribution in [0.3, 0.4) is 0 Å². The molecule has 0 aliphatic carbocycles. The van der Waals surface area contributed by atoms with E-state index in [9.17, 15) is 0 Å². The van der Waals surface area contributed by atoms with Crippen molar-refractivity contribution in [1.29, 1.82) is 0 Å². The topological polar surface area (TPSA) is 29.3 Å². The van der Waals surface area contributed by atoms with Crippen LogP contribution < -0.4 is 5.73 Å². The van der Waals surface area contributed by atoms with E-state index in [1.807, 2.05) is 12.1 Å². The summed E-state index contributed by atoms with van der Waals surface area (Å²) in [4.78, 5) is 2.63. The zero-order valence-electron chi connectivity index (χ0n) is 12.3. The van der Waals surface area contributed by atoms with Crippen molar-refractivity contribution in [2.24, 2.45) is 5.92 Å². The molecule has 1 aromatic rings. The van der Waals surface area contributed by atoms with Crippen molar-refractivity contribution in [2.75, 3.05) is 25.4 Å². The smallest absolute Gasteiger partial charge is 0.0347 e. The molecule has 1 unspecified atom stereocenters. The fraction of sp³-hybridized carbons (Fsp3) is 0.647. The largest absolute Gasteiger partial charge is 0.399 e. The van der Waals surface area contributed by atoms with Crippen LogP contribution >= 0.6 is 0 Å². The average molecular weight is 260 g/mol. The molecule has 106 valence electrons. The average Bonchev–Trinajstić information content (AvgIpc) is 2.64. The van der Waals surface area contributed by atoms with Crippen molar-refractivity contribution < 1.29 is 0 Å². The number of nitrogen functional groups attached to an aromatic ring is 1. The molecule has 0 saturated carbocycles. The van der Waals surface area contributed by atoms with Crippen LogP contribution in [-0.4, -0.2) is 24.5 Å². The summed E-state index contributed by atoms with van der Waals surface area (Å²) >= 11 is 0. The molecule has 19 heavy (non-hydrogen) atoms. The molecule has 1 aliphatic heterocycles. The second-order valence-electron chi connectivity index (χ2n) is 5.88. The lowest BCUT2D eigenvalue weighted by molar-refractivity contribution is 0.283. The Labute approximate surface area is 118 Å². The number of para-hydroxylation sites is 1. The molecule has 2 N–H and O–H groups in total. The van der Waals surface area contributed by atoms with Gasteiger partial charge in [-0.25, -0.2) is 0 Å². The number of nitrogens with zero attached hydrogens (tertiary/aromatic N) is 1. The van der Waals surface area contributed by atoms with Gasteiger partial charge in [0.05, 0.1) is 0 Å². The molecule has 1 saturated heterocycles. The standard InChI is InChI=1S/C17H28N2/c1-2-6-15-7-5-12-19(13-10-15)14-11-16-8-3-4-9-17(16)18/h3-4,8-9,15H,2,5-7,10-14,18H2,1H3. The normalized spacial score (nSPS) is 21.2. The molecule has 1 aromatic carbocycles. The number of likely N-dealkylation sites (tertiary alicyclic amines) is 1.